The summed E-state index contributed by atoms with van der Waals surface area (Å²) >= 11 is 0. The van der Waals surface area contributed by atoms with E-state index >= 15 is 0 Å². The van der Waals surface area contributed by atoms with Crippen LogP contribution in [0, 0.1) is 16.7 Å². The molecule has 3 heteroatoms. The number of hydrogen-bond acceptors (Lipinski definition) is 3. The van der Waals surface area contributed by atoms with Gasteiger partial charge in [-0.1, -0.05) is 13.8 Å². The van der Waals surface area contributed by atoms with Crippen LogP contribution < -0.4 is 4.90 Å². The zero-order chi connectivity index (χ0) is 14.9. The number of pyridine rings is 1. The van der Waals surface area contributed by atoms with Crippen LogP contribution in [0.4, 0.5) is 5.82 Å². The Morgan fingerprint density at radius 2 is 1.95 bits per heavy atom. The number of hydrogen-bond donors (Lipinski definition) is 0. The molecule has 112 valence electrons. The smallest absolute Gasteiger partial charge is 0.146 e. The fourth-order valence-electron chi connectivity index (χ4n) is 3.58. The van der Waals surface area contributed by atoms with E-state index in [9.17, 15) is 5.26 Å². The molecular formula is C18H25N3. The van der Waals surface area contributed by atoms with Crippen LogP contribution in [0.5, 0.6) is 0 Å². The zero-order valence-electron chi connectivity index (χ0n) is 13.3. The Morgan fingerprint density at radius 1 is 1.14 bits per heavy atom. The summed E-state index contributed by atoms with van der Waals surface area (Å²) in [6.07, 6.45) is 8.26. The minimum atomic E-state index is 0.412. The molecule has 2 aliphatic rings. The van der Waals surface area contributed by atoms with Crippen LogP contribution in [0.15, 0.2) is 6.07 Å². The first kappa shape index (κ1) is 14.4. The maximum absolute atomic E-state index is 9.51. The van der Waals surface area contributed by atoms with Crippen LogP contribution in [0.25, 0.3) is 0 Å². The minimum Gasteiger partial charge on any atom is -0.355 e. The van der Waals surface area contributed by atoms with E-state index in [0.29, 0.717) is 5.41 Å². The van der Waals surface area contributed by atoms with Gasteiger partial charge in [-0.25, -0.2) is 4.98 Å². The number of aromatic nitrogens is 1. The van der Waals surface area contributed by atoms with Crippen LogP contribution in [0.3, 0.4) is 0 Å². The molecule has 1 aliphatic heterocycles. The molecule has 1 aromatic rings. The Balaban J connectivity index is 1.92. The third-order valence-electron chi connectivity index (χ3n) is 5.04. The van der Waals surface area contributed by atoms with Crippen molar-refractivity contribution < 1.29 is 0 Å². The van der Waals surface area contributed by atoms with Crippen LogP contribution >= 0.6 is 0 Å². The van der Waals surface area contributed by atoms with Crippen molar-refractivity contribution in [2.75, 3.05) is 18.0 Å². The fraction of sp³-hybridized carbons (Fsp3) is 0.667. The first-order valence-corrected chi connectivity index (χ1v) is 8.27. The van der Waals surface area contributed by atoms with Gasteiger partial charge in [0.05, 0.1) is 5.56 Å². The van der Waals surface area contributed by atoms with Gasteiger partial charge in [0.2, 0.25) is 0 Å². The number of aryl methyl sites for hydroxylation is 2. The number of fused-ring (bicyclic) bond motifs is 1. The van der Waals surface area contributed by atoms with Gasteiger partial charge in [0.15, 0.2) is 0 Å². The number of nitriles is 1. The lowest BCUT2D eigenvalue weighted by Gasteiger charge is -2.26. The van der Waals surface area contributed by atoms with E-state index in [0.717, 1.165) is 37.3 Å². The molecule has 0 N–H and O–H groups in total. The summed E-state index contributed by atoms with van der Waals surface area (Å²) in [6.45, 7) is 6.75. The van der Waals surface area contributed by atoms with Gasteiger partial charge in [0.25, 0.3) is 0 Å². The van der Waals surface area contributed by atoms with Gasteiger partial charge in [-0.2, -0.15) is 5.26 Å². The second-order valence-corrected chi connectivity index (χ2v) is 7.29. The van der Waals surface area contributed by atoms with Crippen LogP contribution in [-0.2, 0) is 12.8 Å². The summed E-state index contributed by atoms with van der Waals surface area (Å²) in [5.41, 5.74) is 3.72. The molecule has 0 atom stereocenters. The van der Waals surface area contributed by atoms with Gasteiger partial charge >= 0.3 is 0 Å². The lowest BCUT2D eigenvalue weighted by Crippen LogP contribution is -2.27. The third-order valence-corrected chi connectivity index (χ3v) is 5.04. The van der Waals surface area contributed by atoms with Crippen molar-refractivity contribution in [2.24, 2.45) is 5.41 Å². The predicted molar refractivity (Wildman–Crippen MR) is 85.4 cm³/mol. The van der Waals surface area contributed by atoms with Crippen LogP contribution in [0.1, 0.15) is 62.8 Å². The normalized spacial score (nSPS) is 21.3. The Bertz CT molecular complexity index is 569. The van der Waals surface area contributed by atoms with E-state index in [1.54, 1.807) is 0 Å². The molecule has 1 aromatic heterocycles. The van der Waals surface area contributed by atoms with Gasteiger partial charge in [0.1, 0.15) is 11.9 Å². The van der Waals surface area contributed by atoms with Crippen LogP contribution in [0.2, 0.25) is 0 Å². The molecule has 0 spiro atoms. The Labute approximate surface area is 128 Å². The van der Waals surface area contributed by atoms with E-state index in [1.807, 2.05) is 0 Å². The second kappa shape index (κ2) is 5.67. The first-order chi connectivity index (χ1) is 10.1. The fourth-order valence-corrected chi connectivity index (χ4v) is 3.58. The summed E-state index contributed by atoms with van der Waals surface area (Å²) < 4.78 is 0. The van der Waals surface area contributed by atoms with Gasteiger partial charge < -0.3 is 4.90 Å². The summed E-state index contributed by atoms with van der Waals surface area (Å²) in [6, 6.07) is 4.48. The highest BCUT2D eigenvalue weighted by Gasteiger charge is 2.26. The lowest BCUT2D eigenvalue weighted by atomic mass is 9.85. The number of anilines is 1. The van der Waals surface area contributed by atoms with Crippen molar-refractivity contribution in [3.05, 3.63) is 22.9 Å². The average molecular weight is 283 g/mol. The van der Waals surface area contributed by atoms with Gasteiger partial charge in [-0.3, -0.25) is 0 Å². The topological polar surface area (TPSA) is 39.9 Å². The average Bonchev–Trinajstić information content (AvgIpc) is 2.66. The van der Waals surface area contributed by atoms with E-state index in [-0.39, 0.29) is 0 Å². The van der Waals surface area contributed by atoms with E-state index in [2.05, 4.69) is 30.9 Å². The van der Waals surface area contributed by atoms with E-state index in [1.165, 1.54) is 43.4 Å². The van der Waals surface area contributed by atoms with Crippen molar-refractivity contribution >= 4 is 5.82 Å². The molecule has 0 radical (unpaired) electrons. The predicted octanol–water partition coefficient (Wildman–Crippen LogP) is 3.85. The van der Waals surface area contributed by atoms with Gasteiger partial charge in [-0.15, -0.1) is 0 Å². The van der Waals surface area contributed by atoms with Crippen molar-refractivity contribution in [2.45, 2.75) is 58.8 Å². The van der Waals surface area contributed by atoms with Crippen molar-refractivity contribution in [3.63, 3.8) is 0 Å². The second-order valence-electron chi connectivity index (χ2n) is 7.29. The quantitative estimate of drug-likeness (QED) is 0.786. The van der Waals surface area contributed by atoms with Crippen LogP contribution in [-0.4, -0.2) is 18.1 Å². The Kier molecular flexibility index (Phi) is 3.89. The number of rotatable bonds is 1. The third kappa shape index (κ3) is 3.05. The SMILES string of the molecule is CC1(C)CCCN(c2nc3c(cc2C#N)CCCC3)CC1. The molecule has 0 saturated carbocycles. The lowest BCUT2D eigenvalue weighted by molar-refractivity contribution is 0.325. The molecule has 3 nitrogen and oxygen atoms in total. The monoisotopic (exact) mass is 283 g/mol. The molecule has 1 aliphatic carbocycles. The maximum Gasteiger partial charge on any atom is 0.146 e. The molecule has 21 heavy (non-hydrogen) atoms. The highest BCUT2D eigenvalue weighted by atomic mass is 15.2. The van der Waals surface area contributed by atoms with Crippen molar-refractivity contribution in [3.8, 4) is 6.07 Å². The first-order valence-electron chi connectivity index (χ1n) is 8.27. The molecule has 0 aromatic carbocycles. The molecule has 3 rings (SSSR count). The molecule has 1 saturated heterocycles. The molecule has 0 amide bonds. The van der Waals surface area contributed by atoms with E-state index in [4.69, 9.17) is 4.98 Å². The van der Waals surface area contributed by atoms with Crippen molar-refractivity contribution in [1.82, 2.24) is 4.98 Å². The minimum absolute atomic E-state index is 0.412. The Hall–Kier alpha value is -1.56. The molecule has 1 fully saturated rings. The standard InChI is InChI=1S/C18H25N3/c1-18(2)8-5-10-21(11-9-18)17-15(13-19)12-14-6-3-4-7-16(14)20-17/h12H,3-11H2,1-2H3. The highest BCUT2D eigenvalue weighted by Crippen LogP contribution is 2.33. The van der Waals surface area contributed by atoms with Gasteiger partial charge in [-0.05, 0) is 62.0 Å². The molecule has 2 heterocycles. The van der Waals surface area contributed by atoms with Gasteiger partial charge in [0, 0.05) is 18.8 Å². The molecular weight excluding hydrogens is 258 g/mol. The molecule has 0 bridgehead atoms. The Morgan fingerprint density at radius 3 is 2.76 bits per heavy atom. The zero-order valence-corrected chi connectivity index (χ0v) is 13.3. The maximum atomic E-state index is 9.51. The molecule has 0 unspecified atom stereocenters. The number of nitrogens with zero attached hydrogens (tertiary/aromatic N) is 3. The van der Waals surface area contributed by atoms with E-state index < -0.39 is 0 Å². The summed E-state index contributed by atoms with van der Waals surface area (Å²) in [7, 11) is 0. The summed E-state index contributed by atoms with van der Waals surface area (Å²) in [4.78, 5) is 7.25. The summed E-state index contributed by atoms with van der Waals surface area (Å²) in [5.74, 6) is 0.941. The van der Waals surface area contributed by atoms with Crippen molar-refractivity contribution in [1.29, 1.82) is 5.26 Å². The summed E-state index contributed by atoms with van der Waals surface area (Å²) in [5, 5.41) is 9.51. The highest BCUT2D eigenvalue weighted by molar-refractivity contribution is 5.56. The largest absolute Gasteiger partial charge is 0.355 e.